The molecule has 0 fully saturated rings. The Labute approximate surface area is 132 Å². The van der Waals surface area contributed by atoms with Crippen molar-refractivity contribution < 1.29 is 13.2 Å². The van der Waals surface area contributed by atoms with Crippen LogP contribution in [0.15, 0.2) is 11.0 Å². The maximum Gasteiger partial charge on any atom is 0.241 e. The quantitative estimate of drug-likeness (QED) is 0.609. The number of thiophene rings is 1. The highest BCUT2D eigenvalue weighted by atomic mass is 32.2. The SMILES string of the molecule is CCCNCc1cc(S(=O)(=O)NCCCOCC)c(C)s1. The minimum Gasteiger partial charge on any atom is -0.382 e. The van der Waals surface area contributed by atoms with Gasteiger partial charge in [0.2, 0.25) is 10.0 Å². The lowest BCUT2D eigenvalue weighted by molar-refractivity contribution is 0.146. The maximum absolute atomic E-state index is 12.3. The Bertz CT molecular complexity index is 512. The van der Waals surface area contributed by atoms with Gasteiger partial charge in [0.15, 0.2) is 0 Å². The Morgan fingerprint density at radius 3 is 2.71 bits per heavy atom. The number of hydrogen-bond donors (Lipinski definition) is 2. The molecule has 0 atom stereocenters. The van der Waals surface area contributed by atoms with Crippen molar-refractivity contribution in [2.45, 2.75) is 45.1 Å². The van der Waals surface area contributed by atoms with E-state index in [1.54, 1.807) is 6.07 Å². The van der Waals surface area contributed by atoms with Gasteiger partial charge in [0, 0.05) is 36.1 Å². The summed E-state index contributed by atoms with van der Waals surface area (Å²) in [5.74, 6) is 0. The van der Waals surface area contributed by atoms with Crippen LogP contribution in [0.2, 0.25) is 0 Å². The molecule has 0 saturated carbocycles. The monoisotopic (exact) mass is 334 g/mol. The molecule has 0 aliphatic heterocycles. The second-order valence-corrected chi connectivity index (χ2v) is 7.83. The van der Waals surface area contributed by atoms with Gasteiger partial charge >= 0.3 is 0 Å². The Morgan fingerprint density at radius 1 is 1.29 bits per heavy atom. The molecule has 0 unspecified atom stereocenters. The summed E-state index contributed by atoms with van der Waals surface area (Å²) in [6, 6.07) is 1.77. The van der Waals surface area contributed by atoms with Gasteiger partial charge in [0.1, 0.15) is 0 Å². The molecule has 0 aliphatic carbocycles. The second kappa shape index (κ2) is 9.53. The van der Waals surface area contributed by atoms with Gasteiger partial charge in [-0.25, -0.2) is 13.1 Å². The van der Waals surface area contributed by atoms with Gasteiger partial charge in [-0.15, -0.1) is 11.3 Å². The van der Waals surface area contributed by atoms with Gasteiger partial charge in [-0.1, -0.05) is 6.92 Å². The zero-order chi connectivity index (χ0) is 15.7. The summed E-state index contributed by atoms with van der Waals surface area (Å²) in [6.07, 6.45) is 1.75. The first-order valence-corrected chi connectivity index (χ1v) is 9.68. The average molecular weight is 335 g/mol. The fourth-order valence-electron chi connectivity index (χ4n) is 1.87. The molecule has 1 heterocycles. The van der Waals surface area contributed by atoms with Gasteiger partial charge in [0.05, 0.1) is 4.90 Å². The predicted octanol–water partition coefficient (Wildman–Crippen LogP) is 2.26. The summed E-state index contributed by atoms with van der Waals surface area (Å²) < 4.78 is 32.4. The van der Waals surface area contributed by atoms with Crippen molar-refractivity contribution in [3.05, 3.63) is 15.8 Å². The van der Waals surface area contributed by atoms with Crippen molar-refractivity contribution in [1.29, 1.82) is 0 Å². The van der Waals surface area contributed by atoms with Crippen LogP contribution in [0.5, 0.6) is 0 Å². The van der Waals surface area contributed by atoms with Crippen LogP contribution in [-0.2, 0) is 21.3 Å². The van der Waals surface area contributed by atoms with Crippen molar-refractivity contribution in [3.63, 3.8) is 0 Å². The van der Waals surface area contributed by atoms with Crippen molar-refractivity contribution in [2.75, 3.05) is 26.3 Å². The summed E-state index contributed by atoms with van der Waals surface area (Å²) in [7, 11) is -3.41. The van der Waals surface area contributed by atoms with E-state index in [4.69, 9.17) is 4.74 Å². The highest BCUT2D eigenvalue weighted by molar-refractivity contribution is 7.89. The molecule has 7 heteroatoms. The predicted molar refractivity (Wildman–Crippen MR) is 87.4 cm³/mol. The topological polar surface area (TPSA) is 67.4 Å². The molecular formula is C14H26N2O3S2. The smallest absolute Gasteiger partial charge is 0.241 e. The summed E-state index contributed by atoms with van der Waals surface area (Å²) in [5, 5.41) is 3.29. The largest absolute Gasteiger partial charge is 0.382 e. The van der Waals surface area contributed by atoms with Crippen LogP contribution in [0, 0.1) is 6.92 Å². The number of sulfonamides is 1. The minimum absolute atomic E-state index is 0.400. The van der Waals surface area contributed by atoms with E-state index in [2.05, 4.69) is 17.0 Å². The Hall–Kier alpha value is -0.470. The fraction of sp³-hybridized carbons (Fsp3) is 0.714. The van der Waals surface area contributed by atoms with E-state index in [1.165, 1.54) is 11.3 Å². The first-order valence-electron chi connectivity index (χ1n) is 7.38. The summed E-state index contributed by atoms with van der Waals surface area (Å²) in [5.41, 5.74) is 0. The van der Waals surface area contributed by atoms with E-state index in [9.17, 15) is 8.42 Å². The first-order chi connectivity index (χ1) is 10.0. The molecule has 5 nitrogen and oxygen atoms in total. The molecular weight excluding hydrogens is 308 g/mol. The van der Waals surface area contributed by atoms with Crippen LogP contribution >= 0.6 is 11.3 Å². The van der Waals surface area contributed by atoms with Gasteiger partial charge in [-0.2, -0.15) is 0 Å². The van der Waals surface area contributed by atoms with Crippen LogP contribution in [0.25, 0.3) is 0 Å². The average Bonchev–Trinajstić information content (AvgIpc) is 2.81. The minimum atomic E-state index is -3.41. The van der Waals surface area contributed by atoms with Crippen LogP contribution < -0.4 is 10.0 Å². The van der Waals surface area contributed by atoms with E-state index in [-0.39, 0.29) is 0 Å². The highest BCUT2D eigenvalue weighted by Gasteiger charge is 2.19. The molecule has 2 N–H and O–H groups in total. The fourth-order valence-corrected chi connectivity index (χ4v) is 4.55. The van der Waals surface area contributed by atoms with Gasteiger partial charge in [0.25, 0.3) is 0 Å². The van der Waals surface area contributed by atoms with E-state index in [0.29, 0.717) is 31.1 Å². The van der Waals surface area contributed by atoms with Crippen molar-refractivity contribution in [1.82, 2.24) is 10.0 Å². The van der Waals surface area contributed by atoms with E-state index >= 15 is 0 Å². The highest BCUT2D eigenvalue weighted by Crippen LogP contribution is 2.25. The number of rotatable bonds is 11. The summed E-state index contributed by atoms with van der Waals surface area (Å²) >= 11 is 1.53. The second-order valence-electron chi connectivity index (χ2n) is 4.76. The van der Waals surface area contributed by atoms with Crippen molar-refractivity contribution in [3.8, 4) is 0 Å². The lowest BCUT2D eigenvalue weighted by atomic mass is 10.4. The summed E-state index contributed by atoms with van der Waals surface area (Å²) in [4.78, 5) is 2.29. The van der Waals surface area contributed by atoms with Crippen LogP contribution in [-0.4, -0.2) is 34.7 Å². The number of aryl methyl sites for hydroxylation is 1. The zero-order valence-electron chi connectivity index (χ0n) is 13.1. The molecule has 0 saturated heterocycles. The van der Waals surface area contributed by atoms with Crippen molar-refractivity contribution in [2.24, 2.45) is 0 Å². The van der Waals surface area contributed by atoms with Crippen LogP contribution in [0.3, 0.4) is 0 Å². The molecule has 1 rings (SSSR count). The molecule has 122 valence electrons. The van der Waals surface area contributed by atoms with E-state index in [0.717, 1.165) is 29.3 Å². The molecule has 0 aromatic carbocycles. The number of hydrogen-bond acceptors (Lipinski definition) is 5. The standard InChI is InChI=1S/C14H26N2O3S2/c1-4-7-15-11-13-10-14(12(3)20-13)21(17,18)16-8-6-9-19-5-2/h10,15-16H,4-9,11H2,1-3H3. The molecule has 21 heavy (non-hydrogen) atoms. The lowest BCUT2D eigenvalue weighted by Gasteiger charge is -2.06. The van der Waals surface area contributed by atoms with Gasteiger partial charge in [-0.05, 0) is 39.3 Å². The maximum atomic E-state index is 12.3. The third-order valence-corrected chi connectivity index (χ3v) is 5.67. The Morgan fingerprint density at radius 2 is 2.05 bits per heavy atom. The number of nitrogens with one attached hydrogen (secondary N) is 2. The Balaban J connectivity index is 2.57. The molecule has 0 radical (unpaired) electrons. The first kappa shape index (κ1) is 18.6. The van der Waals surface area contributed by atoms with Gasteiger partial charge < -0.3 is 10.1 Å². The van der Waals surface area contributed by atoms with Gasteiger partial charge in [-0.3, -0.25) is 0 Å². The zero-order valence-corrected chi connectivity index (χ0v) is 14.7. The molecule has 0 spiro atoms. The normalized spacial score (nSPS) is 12.0. The van der Waals surface area contributed by atoms with Crippen LogP contribution in [0.1, 0.15) is 36.4 Å². The summed E-state index contributed by atoms with van der Waals surface area (Å²) in [6.45, 7) is 9.18. The molecule has 0 aliphatic rings. The van der Waals surface area contributed by atoms with E-state index < -0.39 is 10.0 Å². The Kier molecular flexibility index (Phi) is 8.43. The third kappa shape index (κ3) is 6.44. The van der Waals surface area contributed by atoms with E-state index in [1.807, 2.05) is 13.8 Å². The third-order valence-electron chi connectivity index (χ3n) is 2.90. The molecule has 1 aromatic rings. The molecule has 1 aromatic heterocycles. The van der Waals surface area contributed by atoms with Crippen LogP contribution in [0.4, 0.5) is 0 Å². The molecule has 0 bridgehead atoms. The number of ether oxygens (including phenoxy) is 1. The lowest BCUT2D eigenvalue weighted by Crippen LogP contribution is -2.25. The molecule has 0 amide bonds. The van der Waals surface area contributed by atoms with Crippen molar-refractivity contribution >= 4 is 21.4 Å².